The van der Waals surface area contributed by atoms with Gasteiger partial charge in [0.2, 0.25) is 0 Å². The van der Waals surface area contributed by atoms with Crippen LogP contribution in [0.3, 0.4) is 0 Å². The molecule has 0 bridgehead atoms. The Hall–Kier alpha value is -0.920. The van der Waals surface area contributed by atoms with Crippen molar-refractivity contribution in [3.05, 3.63) is 30.4 Å². The smallest absolute Gasteiger partial charge is 0.0664 e. The summed E-state index contributed by atoms with van der Waals surface area (Å²) in [5, 5.41) is 7.35. The van der Waals surface area contributed by atoms with Crippen LogP contribution in [0.5, 0.6) is 0 Å². The lowest BCUT2D eigenvalue weighted by molar-refractivity contribution is 0.988. The molecule has 41 valence electrons. The Morgan fingerprint density at radius 3 is 2.75 bits per heavy atom. The molecule has 0 spiro atoms. The third-order valence-corrected chi connectivity index (χ3v) is 1.02. The van der Waals surface area contributed by atoms with Crippen molar-refractivity contribution >= 4 is 0 Å². The molecule has 1 radical (unpaired) electrons. The van der Waals surface area contributed by atoms with Gasteiger partial charge in [0.15, 0.2) is 0 Å². The zero-order valence-corrected chi connectivity index (χ0v) is 4.76. The lowest BCUT2D eigenvalue weighted by Gasteiger charge is -1.90. The van der Waals surface area contributed by atoms with Crippen molar-refractivity contribution in [2.24, 2.45) is 0 Å². The first-order valence-corrected chi connectivity index (χ1v) is 2.41. The van der Waals surface area contributed by atoms with E-state index in [0.717, 1.165) is 11.3 Å². The first kappa shape index (κ1) is 5.22. The standard InChI is InChI=1S/C6H7N2/c1-5-3-4-7-8-6(5)2/h3-4H,2H2,1H3. The summed E-state index contributed by atoms with van der Waals surface area (Å²) in [5.41, 5.74) is 1.84. The van der Waals surface area contributed by atoms with E-state index in [4.69, 9.17) is 0 Å². The van der Waals surface area contributed by atoms with Gasteiger partial charge in [0, 0.05) is 6.20 Å². The second-order valence-corrected chi connectivity index (χ2v) is 1.66. The van der Waals surface area contributed by atoms with E-state index in [1.54, 1.807) is 6.20 Å². The van der Waals surface area contributed by atoms with E-state index < -0.39 is 0 Å². The molecule has 1 rings (SSSR count). The third-order valence-electron chi connectivity index (χ3n) is 1.02. The SMILES string of the molecule is [CH2]c1nnccc1C. The zero-order valence-electron chi connectivity index (χ0n) is 4.76. The molecule has 0 atom stereocenters. The number of rotatable bonds is 0. The quantitative estimate of drug-likeness (QED) is 0.493. The average Bonchev–Trinajstić information content (AvgIpc) is 1.77. The lowest BCUT2D eigenvalue weighted by atomic mass is 10.3. The van der Waals surface area contributed by atoms with Gasteiger partial charge in [-0.3, -0.25) is 0 Å². The minimum Gasteiger partial charge on any atom is -0.159 e. The molecule has 0 fully saturated rings. The fourth-order valence-electron chi connectivity index (χ4n) is 0.423. The Labute approximate surface area is 48.6 Å². The van der Waals surface area contributed by atoms with E-state index in [0.29, 0.717) is 0 Å². The maximum Gasteiger partial charge on any atom is 0.0664 e. The number of aromatic nitrogens is 2. The molecule has 0 aliphatic carbocycles. The summed E-state index contributed by atoms with van der Waals surface area (Å²) in [5.74, 6) is 0. The average molecular weight is 107 g/mol. The summed E-state index contributed by atoms with van der Waals surface area (Å²) >= 11 is 0. The highest BCUT2D eigenvalue weighted by Gasteiger charge is 1.87. The molecule has 1 aromatic heterocycles. The van der Waals surface area contributed by atoms with E-state index in [-0.39, 0.29) is 0 Å². The maximum absolute atomic E-state index is 3.72. The van der Waals surface area contributed by atoms with Crippen LogP contribution >= 0.6 is 0 Å². The van der Waals surface area contributed by atoms with Crippen LogP contribution in [0.1, 0.15) is 11.3 Å². The molecule has 2 nitrogen and oxygen atoms in total. The Kier molecular flexibility index (Phi) is 1.24. The van der Waals surface area contributed by atoms with Crippen molar-refractivity contribution in [3.63, 3.8) is 0 Å². The monoisotopic (exact) mass is 107 g/mol. The second kappa shape index (κ2) is 1.90. The van der Waals surface area contributed by atoms with Gasteiger partial charge in [0.25, 0.3) is 0 Å². The van der Waals surface area contributed by atoms with Crippen LogP contribution in [-0.4, -0.2) is 10.2 Å². The third kappa shape index (κ3) is 0.832. The van der Waals surface area contributed by atoms with Crippen LogP contribution in [0.4, 0.5) is 0 Å². The maximum atomic E-state index is 3.72. The molecule has 0 N–H and O–H groups in total. The molecule has 1 heterocycles. The molecular weight excluding hydrogens is 100 g/mol. The molecule has 0 unspecified atom stereocenters. The van der Waals surface area contributed by atoms with Crippen LogP contribution in [0.2, 0.25) is 0 Å². The first-order chi connectivity index (χ1) is 3.80. The van der Waals surface area contributed by atoms with Gasteiger partial charge in [-0.2, -0.15) is 10.2 Å². The number of nitrogens with zero attached hydrogens (tertiary/aromatic N) is 2. The van der Waals surface area contributed by atoms with Crippen LogP contribution in [-0.2, 0) is 0 Å². The van der Waals surface area contributed by atoms with E-state index in [1.807, 2.05) is 13.0 Å². The fourth-order valence-corrected chi connectivity index (χ4v) is 0.423. The molecule has 8 heavy (non-hydrogen) atoms. The van der Waals surface area contributed by atoms with Gasteiger partial charge in [-0.05, 0) is 25.5 Å². The van der Waals surface area contributed by atoms with Gasteiger partial charge >= 0.3 is 0 Å². The number of hydrogen-bond donors (Lipinski definition) is 0. The predicted molar refractivity (Wildman–Crippen MR) is 31.2 cm³/mol. The zero-order chi connectivity index (χ0) is 5.98. The molecule has 0 saturated heterocycles. The van der Waals surface area contributed by atoms with Crippen LogP contribution in [0.15, 0.2) is 12.3 Å². The number of hydrogen-bond acceptors (Lipinski definition) is 2. The summed E-state index contributed by atoms with van der Waals surface area (Å²) in [6.45, 7) is 5.60. The van der Waals surface area contributed by atoms with Gasteiger partial charge in [-0.15, -0.1) is 0 Å². The molecular formula is C6H7N2. The van der Waals surface area contributed by atoms with Gasteiger partial charge in [-0.25, -0.2) is 0 Å². The highest BCUT2D eigenvalue weighted by Crippen LogP contribution is 1.96. The van der Waals surface area contributed by atoms with Crippen molar-refractivity contribution in [2.45, 2.75) is 6.92 Å². The summed E-state index contributed by atoms with van der Waals surface area (Å²) in [4.78, 5) is 0. The minimum atomic E-state index is 0.757. The van der Waals surface area contributed by atoms with Crippen molar-refractivity contribution in [3.8, 4) is 0 Å². The van der Waals surface area contributed by atoms with Crippen LogP contribution in [0, 0.1) is 13.8 Å². The van der Waals surface area contributed by atoms with Crippen molar-refractivity contribution in [1.29, 1.82) is 0 Å². The molecule has 2 heteroatoms. The second-order valence-electron chi connectivity index (χ2n) is 1.66. The highest BCUT2D eigenvalue weighted by molar-refractivity contribution is 5.16. The van der Waals surface area contributed by atoms with Gasteiger partial charge in [0.05, 0.1) is 5.69 Å². The Balaban J connectivity index is 3.13. The van der Waals surface area contributed by atoms with Crippen molar-refractivity contribution in [2.75, 3.05) is 0 Å². The normalized spacial score (nSPS) is 9.25. The van der Waals surface area contributed by atoms with Crippen molar-refractivity contribution < 1.29 is 0 Å². The molecule has 1 aromatic rings. The highest BCUT2D eigenvalue weighted by atomic mass is 15.1. The molecule has 0 aliphatic heterocycles. The molecule has 0 saturated carbocycles. The van der Waals surface area contributed by atoms with Crippen LogP contribution in [0.25, 0.3) is 0 Å². The van der Waals surface area contributed by atoms with Gasteiger partial charge in [0.1, 0.15) is 0 Å². The van der Waals surface area contributed by atoms with Gasteiger partial charge < -0.3 is 0 Å². The lowest BCUT2D eigenvalue weighted by Crippen LogP contribution is -1.86. The molecule has 0 aromatic carbocycles. The van der Waals surface area contributed by atoms with Crippen molar-refractivity contribution in [1.82, 2.24) is 10.2 Å². The minimum absolute atomic E-state index is 0.757. The topological polar surface area (TPSA) is 25.8 Å². The van der Waals surface area contributed by atoms with E-state index >= 15 is 0 Å². The predicted octanol–water partition coefficient (Wildman–Crippen LogP) is 0.967. The molecule has 0 aliphatic rings. The van der Waals surface area contributed by atoms with Gasteiger partial charge in [-0.1, -0.05) is 0 Å². The Morgan fingerprint density at radius 2 is 2.38 bits per heavy atom. The van der Waals surface area contributed by atoms with E-state index in [1.165, 1.54) is 0 Å². The van der Waals surface area contributed by atoms with E-state index in [2.05, 4.69) is 17.1 Å². The fraction of sp³-hybridized carbons (Fsp3) is 0.167. The number of aryl methyl sites for hydroxylation is 1. The summed E-state index contributed by atoms with van der Waals surface area (Å²) in [6, 6.07) is 1.88. The summed E-state index contributed by atoms with van der Waals surface area (Å²) in [7, 11) is 0. The summed E-state index contributed by atoms with van der Waals surface area (Å²) in [6.07, 6.45) is 1.66. The molecule has 0 amide bonds. The van der Waals surface area contributed by atoms with Crippen LogP contribution < -0.4 is 0 Å². The van der Waals surface area contributed by atoms with E-state index in [9.17, 15) is 0 Å². The first-order valence-electron chi connectivity index (χ1n) is 2.41. The Morgan fingerprint density at radius 1 is 1.62 bits per heavy atom. The summed E-state index contributed by atoms with van der Waals surface area (Å²) < 4.78 is 0. The Bertz CT molecular complexity index is 163. The largest absolute Gasteiger partial charge is 0.159 e.